The van der Waals surface area contributed by atoms with Crippen LogP contribution in [0, 0.1) is 11.8 Å². The van der Waals surface area contributed by atoms with Crippen LogP contribution in [-0.2, 0) is 35.1 Å². The van der Waals surface area contributed by atoms with E-state index in [-0.39, 0.29) is 36.5 Å². The summed E-state index contributed by atoms with van der Waals surface area (Å²) in [6, 6.07) is 4.22. The molecule has 0 aliphatic heterocycles. The Morgan fingerprint density at radius 2 is 1.89 bits per heavy atom. The van der Waals surface area contributed by atoms with Gasteiger partial charge in [-0.05, 0) is 30.2 Å². The van der Waals surface area contributed by atoms with Gasteiger partial charge in [0.1, 0.15) is 18.5 Å². The Kier molecular flexibility index (Phi) is 8.71. The molecule has 8 heteroatoms. The van der Waals surface area contributed by atoms with Gasteiger partial charge in [0, 0.05) is 12.3 Å². The van der Waals surface area contributed by atoms with Crippen LogP contribution in [-0.4, -0.2) is 48.4 Å². The first kappa shape index (κ1) is 21.9. The van der Waals surface area contributed by atoms with Gasteiger partial charge in [0.05, 0.1) is 20.1 Å². The van der Waals surface area contributed by atoms with Gasteiger partial charge in [0.15, 0.2) is 11.5 Å². The highest BCUT2D eigenvalue weighted by molar-refractivity contribution is 5.91. The summed E-state index contributed by atoms with van der Waals surface area (Å²) in [6.07, 6.45) is 2.18. The molecule has 2 atom stereocenters. The molecule has 0 aromatic heterocycles. The lowest BCUT2D eigenvalue weighted by Crippen LogP contribution is -2.30. The van der Waals surface area contributed by atoms with Crippen LogP contribution in [0.15, 0.2) is 29.8 Å². The molecule has 8 nitrogen and oxygen atoms in total. The SMILES string of the molecule is C/C=C(/C=O)[C@H](CC(=O)OCCc1ccc(O)c(O)c1)[C@@H](C=O)C(=O)OC. The first-order chi connectivity index (χ1) is 12.9. The molecule has 0 fully saturated rings. The third kappa shape index (κ3) is 6.25. The molecule has 0 amide bonds. The van der Waals surface area contributed by atoms with E-state index in [4.69, 9.17) is 4.74 Å². The van der Waals surface area contributed by atoms with Gasteiger partial charge in [0.25, 0.3) is 0 Å². The zero-order valence-electron chi connectivity index (χ0n) is 15.1. The zero-order chi connectivity index (χ0) is 20.4. The maximum absolute atomic E-state index is 12.1. The van der Waals surface area contributed by atoms with E-state index in [0.29, 0.717) is 18.1 Å². The third-order valence-electron chi connectivity index (χ3n) is 4.03. The van der Waals surface area contributed by atoms with Crippen molar-refractivity contribution in [3.63, 3.8) is 0 Å². The Labute approximate surface area is 156 Å². The molecular formula is C19H22O8. The standard InChI is InChI=1S/C19H22O8/c1-3-13(10-20)14(15(11-21)19(25)26-2)9-18(24)27-7-6-12-4-5-16(22)17(23)8-12/h3-5,8,10-11,14-15,22-23H,6-7,9H2,1-2H3/b13-3-/t14-,15+/m0/s1. The van der Waals surface area contributed by atoms with Crippen molar-refractivity contribution < 1.29 is 38.9 Å². The first-order valence-corrected chi connectivity index (χ1v) is 8.18. The van der Waals surface area contributed by atoms with Crippen LogP contribution >= 0.6 is 0 Å². The predicted octanol–water partition coefficient (Wildman–Crippen LogP) is 1.32. The number of hydrogen-bond donors (Lipinski definition) is 2. The minimum Gasteiger partial charge on any atom is -0.504 e. The van der Waals surface area contributed by atoms with Crippen LogP contribution in [0.5, 0.6) is 11.5 Å². The van der Waals surface area contributed by atoms with Crippen molar-refractivity contribution in [3.05, 3.63) is 35.4 Å². The van der Waals surface area contributed by atoms with Crippen LogP contribution in [0.25, 0.3) is 0 Å². The number of methoxy groups -OCH3 is 1. The molecule has 0 saturated carbocycles. The number of aromatic hydroxyl groups is 2. The number of phenolic OH excluding ortho intramolecular Hbond substituents is 2. The molecule has 0 unspecified atom stereocenters. The van der Waals surface area contributed by atoms with E-state index < -0.39 is 23.8 Å². The molecule has 2 N–H and O–H groups in total. The Hall–Kier alpha value is -3.16. The molecule has 0 aliphatic carbocycles. The molecule has 0 radical (unpaired) electrons. The summed E-state index contributed by atoms with van der Waals surface area (Å²) in [5.41, 5.74) is 0.759. The van der Waals surface area contributed by atoms with Gasteiger partial charge in [-0.25, -0.2) is 0 Å². The number of carbonyl (C=O) groups excluding carboxylic acids is 4. The fourth-order valence-corrected chi connectivity index (χ4v) is 2.52. The van der Waals surface area contributed by atoms with Crippen molar-refractivity contribution in [1.82, 2.24) is 0 Å². The number of hydrogen-bond acceptors (Lipinski definition) is 8. The van der Waals surface area contributed by atoms with E-state index in [1.54, 1.807) is 13.0 Å². The van der Waals surface area contributed by atoms with E-state index >= 15 is 0 Å². The molecule has 27 heavy (non-hydrogen) atoms. The van der Waals surface area contributed by atoms with Gasteiger partial charge in [-0.1, -0.05) is 12.1 Å². The molecule has 1 aromatic carbocycles. The third-order valence-corrected chi connectivity index (χ3v) is 4.03. The summed E-state index contributed by atoms with van der Waals surface area (Å²) in [4.78, 5) is 46.4. The molecule has 146 valence electrons. The smallest absolute Gasteiger partial charge is 0.316 e. The lowest BCUT2D eigenvalue weighted by Gasteiger charge is -2.20. The van der Waals surface area contributed by atoms with E-state index in [9.17, 15) is 29.4 Å². The number of esters is 2. The second-order valence-corrected chi connectivity index (χ2v) is 5.70. The minimum absolute atomic E-state index is 0.0218. The van der Waals surface area contributed by atoms with Gasteiger partial charge < -0.3 is 24.5 Å². The van der Waals surface area contributed by atoms with Crippen LogP contribution in [0.2, 0.25) is 0 Å². The van der Waals surface area contributed by atoms with Crippen molar-refractivity contribution in [2.24, 2.45) is 11.8 Å². The van der Waals surface area contributed by atoms with Crippen molar-refractivity contribution >= 4 is 24.5 Å². The van der Waals surface area contributed by atoms with Gasteiger partial charge in [-0.3, -0.25) is 14.4 Å². The summed E-state index contributed by atoms with van der Waals surface area (Å²) in [6.45, 7) is 1.53. The predicted molar refractivity (Wildman–Crippen MR) is 93.9 cm³/mol. The largest absolute Gasteiger partial charge is 0.504 e. The second-order valence-electron chi connectivity index (χ2n) is 5.70. The van der Waals surface area contributed by atoms with Crippen LogP contribution < -0.4 is 0 Å². The number of carbonyl (C=O) groups is 4. The first-order valence-electron chi connectivity index (χ1n) is 8.18. The lowest BCUT2D eigenvalue weighted by molar-refractivity contribution is -0.150. The average Bonchev–Trinajstić information content (AvgIpc) is 2.65. The van der Waals surface area contributed by atoms with Crippen molar-refractivity contribution in [2.45, 2.75) is 19.8 Å². The quantitative estimate of drug-likeness (QED) is 0.205. The van der Waals surface area contributed by atoms with Gasteiger partial charge in [0.2, 0.25) is 0 Å². The van der Waals surface area contributed by atoms with E-state index in [0.717, 1.165) is 7.11 Å². The second kappa shape index (κ2) is 10.7. The van der Waals surface area contributed by atoms with Crippen molar-refractivity contribution in [2.75, 3.05) is 13.7 Å². The average molecular weight is 378 g/mol. The molecule has 0 saturated heterocycles. The summed E-state index contributed by atoms with van der Waals surface area (Å²) >= 11 is 0. The molecule has 0 bridgehead atoms. The van der Waals surface area contributed by atoms with E-state index in [2.05, 4.69) is 4.74 Å². The van der Waals surface area contributed by atoms with Crippen LogP contribution in [0.3, 0.4) is 0 Å². The normalized spacial score (nSPS) is 13.3. The van der Waals surface area contributed by atoms with E-state index in [1.165, 1.54) is 18.2 Å². The monoisotopic (exact) mass is 378 g/mol. The Morgan fingerprint density at radius 1 is 1.19 bits per heavy atom. The summed E-state index contributed by atoms with van der Waals surface area (Å²) in [5, 5.41) is 18.7. The molecule has 1 rings (SSSR count). The van der Waals surface area contributed by atoms with Crippen LogP contribution in [0.1, 0.15) is 18.9 Å². The number of allylic oxidation sites excluding steroid dienone is 2. The highest BCUT2D eigenvalue weighted by Crippen LogP contribution is 2.26. The molecule has 1 aromatic rings. The van der Waals surface area contributed by atoms with E-state index in [1.807, 2.05) is 0 Å². The highest BCUT2D eigenvalue weighted by Gasteiger charge is 2.33. The van der Waals surface area contributed by atoms with Gasteiger partial charge >= 0.3 is 11.9 Å². The summed E-state index contributed by atoms with van der Waals surface area (Å²) in [7, 11) is 1.11. The minimum atomic E-state index is -1.30. The molecule has 0 heterocycles. The fourth-order valence-electron chi connectivity index (χ4n) is 2.52. The summed E-state index contributed by atoms with van der Waals surface area (Å²) in [5.74, 6) is -4.36. The Bertz CT molecular complexity index is 722. The number of phenols is 2. The number of benzene rings is 1. The topological polar surface area (TPSA) is 127 Å². The van der Waals surface area contributed by atoms with Crippen molar-refractivity contribution in [3.8, 4) is 11.5 Å². The molecule has 0 aliphatic rings. The van der Waals surface area contributed by atoms with Gasteiger partial charge in [-0.15, -0.1) is 0 Å². The van der Waals surface area contributed by atoms with Crippen LogP contribution in [0.4, 0.5) is 0 Å². The number of aldehydes is 2. The number of rotatable bonds is 10. The highest BCUT2D eigenvalue weighted by atomic mass is 16.5. The molecular weight excluding hydrogens is 356 g/mol. The Balaban J connectivity index is 2.75. The maximum Gasteiger partial charge on any atom is 0.316 e. The molecule has 0 spiro atoms. The maximum atomic E-state index is 12.1. The summed E-state index contributed by atoms with van der Waals surface area (Å²) < 4.78 is 9.65. The van der Waals surface area contributed by atoms with Gasteiger partial charge in [-0.2, -0.15) is 0 Å². The number of ether oxygens (including phenoxy) is 2. The Morgan fingerprint density at radius 3 is 2.41 bits per heavy atom. The van der Waals surface area contributed by atoms with Crippen molar-refractivity contribution in [1.29, 1.82) is 0 Å². The lowest BCUT2D eigenvalue weighted by atomic mass is 9.84. The fraction of sp³-hybridized carbons (Fsp3) is 0.368. The zero-order valence-corrected chi connectivity index (χ0v) is 15.1.